The molecule has 0 aromatic carbocycles. The first-order valence-corrected chi connectivity index (χ1v) is 11.4. The molecule has 1 saturated heterocycles. The summed E-state index contributed by atoms with van der Waals surface area (Å²) in [5.74, 6) is 0. The van der Waals surface area contributed by atoms with E-state index in [1.807, 2.05) is 42.0 Å². The lowest BCUT2D eigenvalue weighted by Crippen LogP contribution is -2.52. The van der Waals surface area contributed by atoms with Crippen LogP contribution >= 0.6 is 0 Å². The van der Waals surface area contributed by atoms with Crippen LogP contribution in [0.2, 0.25) is 0 Å². The average molecular weight is 450 g/mol. The summed E-state index contributed by atoms with van der Waals surface area (Å²) in [6.07, 6.45) is 4.53. The van der Waals surface area contributed by atoms with Crippen LogP contribution in [-0.2, 0) is 6.42 Å². The summed E-state index contributed by atoms with van der Waals surface area (Å²) in [7, 11) is 0. The van der Waals surface area contributed by atoms with Crippen molar-refractivity contribution in [2.45, 2.75) is 33.2 Å². The van der Waals surface area contributed by atoms with Crippen LogP contribution in [0.4, 0.5) is 10.1 Å². The maximum atomic E-state index is 13.0. The molecule has 0 amide bonds. The Morgan fingerprint density at radius 1 is 1.12 bits per heavy atom. The van der Waals surface area contributed by atoms with E-state index in [1.54, 1.807) is 4.40 Å². The van der Waals surface area contributed by atoms with Crippen LogP contribution in [0.5, 0.6) is 0 Å². The Balaban J connectivity index is 1.48. The fourth-order valence-electron chi connectivity index (χ4n) is 4.65. The lowest BCUT2D eigenvalue weighted by Gasteiger charge is -2.40. The number of aryl methyl sites for hydroxylation is 2. The topological polar surface area (TPSA) is 71.0 Å². The van der Waals surface area contributed by atoms with Crippen LogP contribution in [0.3, 0.4) is 0 Å². The molecule has 5 heterocycles. The average Bonchev–Trinajstić information content (AvgIpc) is 3.24. The Hall–Kier alpha value is -3.33. The van der Waals surface area contributed by atoms with Gasteiger partial charge in [-0.3, -0.25) is 19.1 Å². The van der Waals surface area contributed by atoms with Crippen LogP contribution in [0, 0.1) is 6.92 Å². The van der Waals surface area contributed by atoms with Gasteiger partial charge in [-0.2, -0.15) is 5.10 Å². The summed E-state index contributed by atoms with van der Waals surface area (Å²) in [6, 6.07) is 7.60. The van der Waals surface area contributed by atoms with E-state index in [2.05, 4.69) is 33.7 Å². The van der Waals surface area contributed by atoms with E-state index < -0.39 is 0 Å². The fourth-order valence-corrected chi connectivity index (χ4v) is 4.65. The molecule has 4 aromatic heterocycles. The van der Waals surface area contributed by atoms with E-state index in [-0.39, 0.29) is 18.3 Å². The largest absolute Gasteiger partial charge is 0.367 e. The molecule has 172 valence electrons. The highest BCUT2D eigenvalue weighted by atomic mass is 19.1. The van der Waals surface area contributed by atoms with Crippen molar-refractivity contribution in [1.82, 2.24) is 28.9 Å². The lowest BCUT2D eigenvalue weighted by molar-refractivity contribution is 0.175. The summed E-state index contributed by atoms with van der Waals surface area (Å²) in [5.41, 5.74) is 5.38. The zero-order valence-corrected chi connectivity index (χ0v) is 19.2. The van der Waals surface area contributed by atoms with E-state index in [9.17, 15) is 9.18 Å². The second kappa shape index (κ2) is 8.55. The molecule has 4 aromatic rings. The van der Waals surface area contributed by atoms with Gasteiger partial charge in [0.25, 0.3) is 5.56 Å². The van der Waals surface area contributed by atoms with E-state index in [0.717, 1.165) is 48.6 Å². The summed E-state index contributed by atoms with van der Waals surface area (Å²) in [5, 5.41) is 4.65. The molecule has 1 fully saturated rings. The molecule has 0 unspecified atom stereocenters. The Morgan fingerprint density at radius 3 is 2.73 bits per heavy atom. The Kier molecular flexibility index (Phi) is 5.57. The maximum absolute atomic E-state index is 13.0. The number of halogens is 1. The number of hydrogen-bond acceptors (Lipinski definition) is 6. The quantitative estimate of drug-likeness (QED) is 0.467. The van der Waals surface area contributed by atoms with Crippen molar-refractivity contribution in [3.8, 4) is 11.4 Å². The van der Waals surface area contributed by atoms with Crippen molar-refractivity contribution in [2.24, 2.45) is 0 Å². The van der Waals surface area contributed by atoms with Gasteiger partial charge in [0.2, 0.25) is 0 Å². The van der Waals surface area contributed by atoms with Gasteiger partial charge < -0.3 is 4.90 Å². The third-order valence-corrected chi connectivity index (χ3v) is 6.40. The monoisotopic (exact) mass is 449 g/mol. The highest BCUT2D eigenvalue weighted by Crippen LogP contribution is 2.22. The summed E-state index contributed by atoms with van der Waals surface area (Å²) >= 11 is 0. The van der Waals surface area contributed by atoms with Crippen LogP contribution in [0.1, 0.15) is 25.2 Å². The maximum Gasteiger partial charge on any atom is 0.258 e. The van der Waals surface area contributed by atoms with Crippen molar-refractivity contribution in [3.05, 3.63) is 58.4 Å². The molecule has 0 saturated carbocycles. The summed E-state index contributed by atoms with van der Waals surface area (Å²) in [6.45, 7) is 8.65. The number of fused-ring (bicyclic) bond motifs is 2. The van der Waals surface area contributed by atoms with Crippen LogP contribution in [-0.4, -0.2) is 67.8 Å². The number of anilines is 1. The number of nitrogens with zero attached hydrogens (tertiary/aromatic N) is 7. The Labute approximate surface area is 191 Å². The zero-order chi connectivity index (χ0) is 23.1. The van der Waals surface area contributed by atoms with E-state index in [0.29, 0.717) is 23.6 Å². The molecule has 0 radical (unpaired) electrons. The van der Waals surface area contributed by atoms with Crippen molar-refractivity contribution in [1.29, 1.82) is 0 Å². The molecule has 1 atom stereocenters. The highest BCUT2D eigenvalue weighted by Gasteiger charge is 2.24. The van der Waals surface area contributed by atoms with Crippen molar-refractivity contribution in [2.75, 3.05) is 37.8 Å². The smallest absolute Gasteiger partial charge is 0.258 e. The minimum atomic E-state index is -0.327. The molecule has 1 aliphatic rings. The van der Waals surface area contributed by atoms with Crippen molar-refractivity contribution < 1.29 is 4.39 Å². The van der Waals surface area contributed by atoms with Crippen molar-refractivity contribution in [3.63, 3.8) is 0 Å². The normalized spacial score (nSPS) is 17.3. The minimum Gasteiger partial charge on any atom is -0.367 e. The third-order valence-electron chi connectivity index (χ3n) is 6.40. The number of pyridine rings is 1. The molecule has 9 heteroatoms. The van der Waals surface area contributed by atoms with Crippen LogP contribution < -0.4 is 10.5 Å². The molecule has 0 aliphatic carbocycles. The van der Waals surface area contributed by atoms with Gasteiger partial charge in [-0.15, -0.1) is 0 Å². The predicted octanol–water partition coefficient (Wildman–Crippen LogP) is 2.76. The van der Waals surface area contributed by atoms with E-state index in [4.69, 9.17) is 4.98 Å². The van der Waals surface area contributed by atoms with Gasteiger partial charge in [-0.1, -0.05) is 6.92 Å². The minimum absolute atomic E-state index is 0.150. The molecule has 5 rings (SSSR count). The van der Waals surface area contributed by atoms with Gasteiger partial charge in [0.05, 0.1) is 34.5 Å². The van der Waals surface area contributed by atoms with Crippen LogP contribution in [0.15, 0.2) is 41.5 Å². The van der Waals surface area contributed by atoms with Gasteiger partial charge in [0.1, 0.15) is 18.0 Å². The van der Waals surface area contributed by atoms with E-state index >= 15 is 0 Å². The van der Waals surface area contributed by atoms with Gasteiger partial charge in [0, 0.05) is 44.5 Å². The van der Waals surface area contributed by atoms with E-state index in [1.165, 1.54) is 6.07 Å². The third kappa shape index (κ3) is 3.97. The van der Waals surface area contributed by atoms with Crippen molar-refractivity contribution >= 4 is 16.9 Å². The number of alkyl halides is 1. The second-order valence-corrected chi connectivity index (χ2v) is 8.66. The highest BCUT2D eigenvalue weighted by molar-refractivity contribution is 5.66. The fraction of sp³-hybridized carbons (Fsp3) is 0.417. The molecule has 0 bridgehead atoms. The molecule has 1 aliphatic heterocycles. The Bertz CT molecular complexity index is 1380. The molecular weight excluding hydrogens is 421 g/mol. The first kappa shape index (κ1) is 21.5. The lowest BCUT2D eigenvalue weighted by atomic mass is 10.1. The van der Waals surface area contributed by atoms with Gasteiger partial charge >= 0.3 is 0 Å². The summed E-state index contributed by atoms with van der Waals surface area (Å²) in [4.78, 5) is 26.7. The molecule has 8 nitrogen and oxygen atoms in total. The number of aromatic nitrogens is 5. The zero-order valence-electron chi connectivity index (χ0n) is 19.2. The standard InChI is InChI=1S/C24H28FN7O/c1-4-19-22-11-21(28-32(22)13-16(2)26-19)20-12-24(33)31-15-18(5-6-23(31)27-20)30-10-9-29(8-7-25)17(3)14-30/h5-6,11-13,15,17H,4,7-10,14H2,1-3H3/t17-/m1/s1. The molecular formula is C24H28FN7O. The molecule has 33 heavy (non-hydrogen) atoms. The first-order chi connectivity index (χ1) is 16.0. The van der Waals surface area contributed by atoms with Gasteiger partial charge in [0.15, 0.2) is 0 Å². The Morgan fingerprint density at radius 2 is 1.97 bits per heavy atom. The second-order valence-electron chi connectivity index (χ2n) is 8.66. The number of piperazine rings is 1. The van der Waals surface area contributed by atoms with Crippen LogP contribution in [0.25, 0.3) is 22.6 Å². The molecule has 0 spiro atoms. The number of rotatable bonds is 5. The first-order valence-electron chi connectivity index (χ1n) is 11.4. The SMILES string of the molecule is CCc1nc(C)cn2nc(-c3cc(=O)n4cc(N5CCN(CCF)[C@H](C)C5)ccc4n3)cc12. The molecule has 0 N–H and O–H groups in total. The number of hydrogen-bond donors (Lipinski definition) is 0. The summed E-state index contributed by atoms with van der Waals surface area (Å²) < 4.78 is 16.1. The predicted molar refractivity (Wildman–Crippen MR) is 127 cm³/mol. The van der Waals surface area contributed by atoms with Gasteiger partial charge in [-0.05, 0) is 38.5 Å². The van der Waals surface area contributed by atoms with Gasteiger partial charge in [-0.25, -0.2) is 13.9 Å².